The first kappa shape index (κ1) is 13.7. The van der Waals surface area contributed by atoms with E-state index in [1.165, 1.54) is 7.11 Å². The summed E-state index contributed by atoms with van der Waals surface area (Å²) in [6.45, 7) is 1.84. The summed E-state index contributed by atoms with van der Waals surface area (Å²) in [4.78, 5) is 14.3. The average molecular weight is 270 g/mol. The van der Waals surface area contributed by atoms with Gasteiger partial charge in [0.2, 0.25) is 0 Å². The summed E-state index contributed by atoms with van der Waals surface area (Å²) in [7, 11) is 3.09. The molecule has 102 valence electrons. The molecule has 0 saturated heterocycles. The highest BCUT2D eigenvalue weighted by Gasteiger charge is 2.14. The van der Waals surface area contributed by atoms with Crippen molar-refractivity contribution in [1.29, 1.82) is 5.26 Å². The second-order valence-corrected chi connectivity index (χ2v) is 4.23. The third-order valence-corrected chi connectivity index (χ3v) is 3.08. The van der Waals surface area contributed by atoms with Crippen molar-refractivity contribution < 1.29 is 9.47 Å². The number of nitriles is 1. The molecule has 0 atom stereocenters. The quantitative estimate of drug-likeness (QED) is 0.928. The van der Waals surface area contributed by atoms with Crippen LogP contribution in [0.2, 0.25) is 0 Å². The van der Waals surface area contributed by atoms with Gasteiger partial charge in [0, 0.05) is 11.8 Å². The molecular formula is C15H14N2O3. The maximum Gasteiger partial charge on any atom is 0.266 e. The number of rotatable bonds is 3. The lowest BCUT2D eigenvalue weighted by molar-refractivity contribution is 0.355. The summed E-state index contributed by atoms with van der Waals surface area (Å²) in [6.07, 6.45) is 1.59. The lowest BCUT2D eigenvalue weighted by atomic mass is 9.97. The van der Waals surface area contributed by atoms with Crippen LogP contribution in [0.25, 0.3) is 11.1 Å². The molecule has 1 aromatic carbocycles. The van der Waals surface area contributed by atoms with E-state index in [1.807, 2.05) is 13.0 Å². The Balaban J connectivity index is 2.73. The fraction of sp³-hybridized carbons (Fsp3) is 0.200. The molecule has 0 radical (unpaired) electrons. The fourth-order valence-electron chi connectivity index (χ4n) is 2.10. The van der Waals surface area contributed by atoms with Crippen LogP contribution in [0.3, 0.4) is 0 Å². The molecule has 1 aromatic heterocycles. The molecule has 0 spiro atoms. The van der Waals surface area contributed by atoms with Crippen LogP contribution >= 0.6 is 0 Å². The molecule has 0 unspecified atom stereocenters. The van der Waals surface area contributed by atoms with E-state index in [-0.39, 0.29) is 5.56 Å². The first-order valence-electron chi connectivity index (χ1n) is 5.97. The minimum Gasteiger partial charge on any atom is -0.493 e. The molecule has 20 heavy (non-hydrogen) atoms. The van der Waals surface area contributed by atoms with E-state index in [9.17, 15) is 10.1 Å². The molecule has 1 N–H and O–H groups in total. The van der Waals surface area contributed by atoms with Crippen molar-refractivity contribution in [3.8, 4) is 28.7 Å². The second-order valence-electron chi connectivity index (χ2n) is 4.23. The molecule has 0 saturated carbocycles. The first-order chi connectivity index (χ1) is 9.62. The normalized spacial score (nSPS) is 9.90. The van der Waals surface area contributed by atoms with Gasteiger partial charge >= 0.3 is 0 Å². The monoisotopic (exact) mass is 270 g/mol. The zero-order valence-corrected chi connectivity index (χ0v) is 11.5. The average Bonchev–Trinajstić information content (AvgIpc) is 2.48. The van der Waals surface area contributed by atoms with Crippen LogP contribution in [0, 0.1) is 18.3 Å². The minimum atomic E-state index is -0.400. The third kappa shape index (κ3) is 2.24. The van der Waals surface area contributed by atoms with Crippen LogP contribution in [-0.4, -0.2) is 19.2 Å². The third-order valence-electron chi connectivity index (χ3n) is 3.08. The molecule has 0 fully saturated rings. The SMILES string of the molecule is COc1ccc(-c2c(C)c[nH]c(=O)c2C#N)cc1OC. The number of pyridine rings is 1. The van der Waals surface area contributed by atoms with Gasteiger partial charge in [-0.2, -0.15) is 5.26 Å². The number of H-pyrrole nitrogens is 1. The molecule has 0 aliphatic heterocycles. The highest BCUT2D eigenvalue weighted by molar-refractivity contribution is 5.75. The molecule has 1 heterocycles. The molecular weight excluding hydrogens is 256 g/mol. The maximum absolute atomic E-state index is 11.7. The van der Waals surface area contributed by atoms with Gasteiger partial charge < -0.3 is 14.5 Å². The Morgan fingerprint density at radius 2 is 1.90 bits per heavy atom. The summed E-state index contributed by atoms with van der Waals surface area (Å²) < 4.78 is 10.4. The molecule has 5 heteroatoms. The number of hydrogen-bond acceptors (Lipinski definition) is 4. The second kappa shape index (κ2) is 5.49. The molecule has 5 nitrogen and oxygen atoms in total. The molecule has 2 aromatic rings. The van der Waals surface area contributed by atoms with Crippen LogP contribution in [0.15, 0.2) is 29.2 Å². The van der Waals surface area contributed by atoms with Crippen LogP contribution in [-0.2, 0) is 0 Å². The summed E-state index contributed by atoms with van der Waals surface area (Å²) in [5, 5.41) is 9.19. The van der Waals surface area contributed by atoms with Crippen LogP contribution in [0.5, 0.6) is 11.5 Å². The van der Waals surface area contributed by atoms with E-state index in [0.29, 0.717) is 17.1 Å². The zero-order chi connectivity index (χ0) is 14.7. The number of nitrogens with zero attached hydrogens (tertiary/aromatic N) is 1. The van der Waals surface area contributed by atoms with E-state index < -0.39 is 5.56 Å². The van der Waals surface area contributed by atoms with Gasteiger partial charge in [0.1, 0.15) is 11.6 Å². The van der Waals surface area contributed by atoms with Gasteiger partial charge in [-0.05, 0) is 30.2 Å². The van der Waals surface area contributed by atoms with Gasteiger partial charge in [0.05, 0.1) is 14.2 Å². The predicted octanol–water partition coefficient (Wildman–Crippen LogP) is 2.24. The fourth-order valence-corrected chi connectivity index (χ4v) is 2.10. The Morgan fingerprint density at radius 1 is 1.20 bits per heavy atom. The number of methoxy groups -OCH3 is 2. The Bertz CT molecular complexity index is 742. The molecule has 0 aliphatic carbocycles. The van der Waals surface area contributed by atoms with Crippen molar-refractivity contribution in [1.82, 2.24) is 4.98 Å². The summed E-state index contributed by atoms with van der Waals surface area (Å²) >= 11 is 0. The number of aromatic amines is 1. The summed E-state index contributed by atoms with van der Waals surface area (Å²) in [5.41, 5.74) is 1.86. The highest BCUT2D eigenvalue weighted by Crippen LogP contribution is 2.34. The minimum absolute atomic E-state index is 0.0946. The van der Waals surface area contributed by atoms with Crippen molar-refractivity contribution in [2.24, 2.45) is 0 Å². The number of ether oxygens (including phenoxy) is 2. The standard InChI is InChI=1S/C15H14N2O3/c1-9-8-17-15(18)11(7-16)14(9)10-4-5-12(19-2)13(6-10)20-3/h4-6,8H,1-3H3,(H,17,18). The van der Waals surface area contributed by atoms with E-state index in [4.69, 9.17) is 9.47 Å². The Kier molecular flexibility index (Phi) is 3.76. The van der Waals surface area contributed by atoms with Gasteiger partial charge in [0.25, 0.3) is 5.56 Å². The number of aromatic nitrogens is 1. The van der Waals surface area contributed by atoms with Gasteiger partial charge in [0.15, 0.2) is 11.5 Å². The lowest BCUT2D eigenvalue weighted by Crippen LogP contribution is -2.12. The van der Waals surface area contributed by atoms with E-state index in [2.05, 4.69) is 4.98 Å². The summed E-state index contributed by atoms with van der Waals surface area (Å²) in [6, 6.07) is 7.25. The van der Waals surface area contributed by atoms with Crippen molar-refractivity contribution in [3.63, 3.8) is 0 Å². The van der Waals surface area contributed by atoms with Crippen molar-refractivity contribution in [3.05, 3.63) is 45.9 Å². The number of benzene rings is 1. The maximum atomic E-state index is 11.7. The van der Waals surface area contributed by atoms with Crippen molar-refractivity contribution in [2.75, 3.05) is 14.2 Å². The number of hydrogen-bond donors (Lipinski definition) is 1. The largest absolute Gasteiger partial charge is 0.493 e. The first-order valence-corrected chi connectivity index (χ1v) is 5.97. The lowest BCUT2D eigenvalue weighted by Gasteiger charge is -2.12. The van der Waals surface area contributed by atoms with E-state index in [0.717, 1.165) is 11.1 Å². The predicted molar refractivity (Wildman–Crippen MR) is 75.1 cm³/mol. The van der Waals surface area contributed by atoms with E-state index >= 15 is 0 Å². The van der Waals surface area contributed by atoms with Crippen LogP contribution < -0.4 is 15.0 Å². The zero-order valence-electron chi connectivity index (χ0n) is 11.5. The van der Waals surface area contributed by atoms with Crippen LogP contribution in [0.1, 0.15) is 11.1 Å². The van der Waals surface area contributed by atoms with Crippen molar-refractivity contribution in [2.45, 2.75) is 6.92 Å². The topological polar surface area (TPSA) is 75.1 Å². The van der Waals surface area contributed by atoms with Crippen LogP contribution in [0.4, 0.5) is 0 Å². The number of nitrogens with one attached hydrogen (secondary N) is 1. The number of aryl methyl sites for hydroxylation is 1. The molecule has 0 amide bonds. The van der Waals surface area contributed by atoms with Gasteiger partial charge in [-0.1, -0.05) is 6.07 Å². The Hall–Kier alpha value is -2.74. The molecule has 2 rings (SSSR count). The van der Waals surface area contributed by atoms with Gasteiger partial charge in [-0.3, -0.25) is 4.79 Å². The van der Waals surface area contributed by atoms with E-state index in [1.54, 1.807) is 31.5 Å². The Morgan fingerprint density at radius 3 is 2.50 bits per heavy atom. The summed E-state index contributed by atoms with van der Waals surface area (Å²) in [5.74, 6) is 1.14. The van der Waals surface area contributed by atoms with Gasteiger partial charge in [-0.25, -0.2) is 0 Å². The molecule has 0 bridgehead atoms. The highest BCUT2D eigenvalue weighted by atomic mass is 16.5. The van der Waals surface area contributed by atoms with Crippen molar-refractivity contribution >= 4 is 0 Å². The van der Waals surface area contributed by atoms with Gasteiger partial charge in [-0.15, -0.1) is 0 Å². The molecule has 0 aliphatic rings. The smallest absolute Gasteiger partial charge is 0.266 e. The Labute approximate surface area is 116 Å².